The molecule has 4 aromatic carbocycles. The quantitative estimate of drug-likeness (QED) is 0.137. The third kappa shape index (κ3) is 6.27. The number of hydrogen-bond donors (Lipinski definition) is 0. The molecular weight excluding hydrogens is 531 g/mol. The smallest absolute Gasteiger partial charge is 0.337 e. The Morgan fingerprint density at radius 3 is 1.36 bits per heavy atom. The molecule has 0 N–H and O–H groups in total. The molecule has 39 heavy (non-hydrogen) atoms. The Hall–Kier alpha value is -3.79. The SMILES string of the molecule is COC(=O)/C(=C/c1ccc(Cl)cc1)C[P+](c1ccc(OC)cc1)(c1ccc(OC)cc1)c1ccc(OC)cc1. The van der Waals surface area contributed by atoms with Crippen molar-refractivity contribution < 1.29 is 23.7 Å². The summed E-state index contributed by atoms with van der Waals surface area (Å²) < 4.78 is 21.7. The highest BCUT2D eigenvalue weighted by Crippen LogP contribution is 2.57. The molecule has 0 heterocycles. The molecule has 0 aromatic heterocycles. The zero-order valence-corrected chi connectivity index (χ0v) is 24.0. The molecule has 0 spiro atoms. The van der Waals surface area contributed by atoms with Crippen LogP contribution in [-0.2, 0) is 9.53 Å². The van der Waals surface area contributed by atoms with Crippen molar-refractivity contribution in [3.8, 4) is 17.2 Å². The zero-order chi connectivity index (χ0) is 27.8. The van der Waals surface area contributed by atoms with Gasteiger partial charge in [-0.3, -0.25) is 0 Å². The Morgan fingerprint density at radius 2 is 1.03 bits per heavy atom. The second kappa shape index (κ2) is 12.8. The summed E-state index contributed by atoms with van der Waals surface area (Å²) in [6, 6.07) is 31.6. The average Bonchev–Trinajstić information content (AvgIpc) is 3.00. The minimum atomic E-state index is -2.48. The maximum absolute atomic E-state index is 13.3. The highest BCUT2D eigenvalue weighted by atomic mass is 35.5. The van der Waals surface area contributed by atoms with Gasteiger partial charge in [-0.25, -0.2) is 4.79 Å². The largest absolute Gasteiger partial charge is 0.497 e. The number of carbonyl (C=O) groups excluding carboxylic acids is 1. The maximum atomic E-state index is 13.3. The van der Waals surface area contributed by atoms with Gasteiger partial charge in [-0.2, -0.15) is 0 Å². The lowest BCUT2D eigenvalue weighted by Gasteiger charge is -2.28. The van der Waals surface area contributed by atoms with E-state index in [4.69, 9.17) is 30.5 Å². The van der Waals surface area contributed by atoms with Crippen LogP contribution in [0.1, 0.15) is 5.56 Å². The number of hydrogen-bond acceptors (Lipinski definition) is 5. The monoisotopic (exact) mass is 561 g/mol. The van der Waals surface area contributed by atoms with Gasteiger partial charge in [-0.15, -0.1) is 0 Å². The fraction of sp³-hybridized carbons (Fsp3) is 0.156. The van der Waals surface area contributed by atoms with E-state index < -0.39 is 7.26 Å². The summed E-state index contributed by atoms with van der Waals surface area (Å²) in [7, 11) is 3.88. The predicted octanol–water partition coefficient (Wildman–Crippen LogP) is 5.92. The van der Waals surface area contributed by atoms with Crippen LogP contribution in [0.4, 0.5) is 0 Å². The topological polar surface area (TPSA) is 54.0 Å². The van der Waals surface area contributed by atoms with Crippen molar-refractivity contribution in [3.05, 3.63) is 113 Å². The highest BCUT2D eigenvalue weighted by molar-refractivity contribution is 7.95. The first-order valence-electron chi connectivity index (χ1n) is 12.3. The summed E-state index contributed by atoms with van der Waals surface area (Å²) in [6.45, 7) is 0. The van der Waals surface area contributed by atoms with Gasteiger partial charge in [0.2, 0.25) is 0 Å². The first-order valence-corrected chi connectivity index (χ1v) is 14.6. The maximum Gasteiger partial charge on any atom is 0.337 e. The first-order chi connectivity index (χ1) is 18.9. The van der Waals surface area contributed by atoms with Gasteiger partial charge in [0.15, 0.2) is 0 Å². The van der Waals surface area contributed by atoms with Crippen LogP contribution in [0.5, 0.6) is 17.2 Å². The summed E-state index contributed by atoms with van der Waals surface area (Å²) in [5, 5.41) is 3.89. The van der Waals surface area contributed by atoms with E-state index in [1.54, 1.807) is 33.5 Å². The van der Waals surface area contributed by atoms with Crippen molar-refractivity contribution in [2.24, 2.45) is 0 Å². The summed E-state index contributed by atoms with van der Waals surface area (Å²) in [5.74, 6) is 1.88. The second-order valence-corrected chi connectivity index (χ2v) is 12.7. The lowest BCUT2D eigenvalue weighted by molar-refractivity contribution is -0.135. The molecule has 200 valence electrons. The number of benzene rings is 4. The van der Waals surface area contributed by atoms with Crippen molar-refractivity contribution in [1.82, 2.24) is 0 Å². The normalized spacial score (nSPS) is 11.6. The second-order valence-electron chi connectivity index (χ2n) is 8.77. The van der Waals surface area contributed by atoms with Crippen molar-refractivity contribution in [3.63, 3.8) is 0 Å². The summed E-state index contributed by atoms with van der Waals surface area (Å²) in [6.07, 6.45) is 2.31. The summed E-state index contributed by atoms with van der Waals surface area (Å²) in [4.78, 5) is 13.3. The standard InChI is InChI=1S/C32H31ClO5P/c1-35-26-9-15-29(16-10-26)39(30-17-11-27(36-2)12-18-30,31-19-13-28(37-3)14-20-31)22-24(32(34)38-4)21-23-5-7-25(33)8-6-23/h5-21H,22H2,1-4H3/q+1/b24-21+. The van der Waals surface area contributed by atoms with Crippen LogP contribution in [0.15, 0.2) is 103 Å². The van der Waals surface area contributed by atoms with Crippen molar-refractivity contribution in [1.29, 1.82) is 0 Å². The van der Waals surface area contributed by atoms with Gasteiger partial charge < -0.3 is 18.9 Å². The van der Waals surface area contributed by atoms with E-state index in [-0.39, 0.29) is 5.97 Å². The Labute approximate surface area is 235 Å². The molecule has 0 atom stereocenters. The van der Waals surface area contributed by atoms with Gasteiger partial charge in [0, 0.05) is 5.02 Å². The van der Waals surface area contributed by atoms with Gasteiger partial charge in [0.1, 0.15) is 46.6 Å². The molecule has 0 bridgehead atoms. The van der Waals surface area contributed by atoms with E-state index in [1.807, 2.05) is 54.6 Å². The van der Waals surface area contributed by atoms with Gasteiger partial charge in [0.25, 0.3) is 0 Å². The molecule has 5 nitrogen and oxygen atoms in total. The molecule has 0 aliphatic carbocycles. The Bertz CT molecular complexity index is 1300. The van der Waals surface area contributed by atoms with Crippen LogP contribution in [0, 0.1) is 0 Å². The minimum absolute atomic E-state index is 0.384. The van der Waals surface area contributed by atoms with Crippen molar-refractivity contribution in [2.45, 2.75) is 0 Å². The molecule has 4 aromatic rings. The van der Waals surface area contributed by atoms with Gasteiger partial charge >= 0.3 is 5.97 Å². The van der Waals surface area contributed by atoms with Crippen LogP contribution in [-0.4, -0.2) is 40.6 Å². The molecule has 0 aliphatic rings. The lowest BCUT2D eigenvalue weighted by atomic mass is 10.1. The van der Waals surface area contributed by atoms with E-state index in [0.29, 0.717) is 16.8 Å². The fourth-order valence-electron chi connectivity index (χ4n) is 4.55. The van der Waals surface area contributed by atoms with Crippen LogP contribution in [0.2, 0.25) is 5.02 Å². The number of rotatable bonds is 10. The van der Waals surface area contributed by atoms with E-state index in [2.05, 4.69) is 36.4 Å². The number of carbonyl (C=O) groups is 1. The Kier molecular flexibility index (Phi) is 9.29. The minimum Gasteiger partial charge on any atom is -0.497 e. The highest BCUT2D eigenvalue weighted by Gasteiger charge is 2.47. The Balaban J connectivity index is 2.01. The van der Waals surface area contributed by atoms with E-state index in [1.165, 1.54) is 7.11 Å². The number of esters is 1. The van der Waals surface area contributed by atoms with Gasteiger partial charge in [-0.05, 0) is 96.6 Å². The van der Waals surface area contributed by atoms with E-state index in [0.717, 1.165) is 38.7 Å². The first kappa shape index (κ1) is 28.2. The molecule has 0 fully saturated rings. The molecule has 0 saturated heterocycles. The molecule has 0 radical (unpaired) electrons. The van der Waals surface area contributed by atoms with Gasteiger partial charge in [-0.1, -0.05) is 23.7 Å². The fourth-order valence-corrected chi connectivity index (χ4v) is 8.82. The molecule has 0 saturated carbocycles. The van der Waals surface area contributed by atoms with Crippen molar-refractivity contribution in [2.75, 3.05) is 34.6 Å². The summed E-state index contributed by atoms with van der Waals surface area (Å²) >= 11 is 6.12. The molecule has 0 unspecified atom stereocenters. The average molecular weight is 562 g/mol. The number of ether oxygens (including phenoxy) is 4. The van der Waals surface area contributed by atoms with Crippen LogP contribution < -0.4 is 30.1 Å². The molecule has 0 aliphatic heterocycles. The zero-order valence-electron chi connectivity index (χ0n) is 22.4. The van der Waals surface area contributed by atoms with Crippen molar-refractivity contribution >= 4 is 46.8 Å². The predicted molar refractivity (Wildman–Crippen MR) is 161 cm³/mol. The molecule has 4 rings (SSSR count). The van der Waals surface area contributed by atoms with Crippen LogP contribution in [0.25, 0.3) is 6.08 Å². The lowest BCUT2D eigenvalue weighted by Crippen LogP contribution is -2.35. The molecular formula is C32H31ClO5P+. The third-order valence-corrected chi connectivity index (χ3v) is 11.2. The van der Waals surface area contributed by atoms with Gasteiger partial charge in [0.05, 0.1) is 34.0 Å². The molecule has 7 heteroatoms. The Morgan fingerprint density at radius 1 is 0.641 bits per heavy atom. The third-order valence-electron chi connectivity index (χ3n) is 6.61. The number of methoxy groups -OCH3 is 4. The summed E-state index contributed by atoms with van der Waals surface area (Å²) in [5.41, 5.74) is 1.41. The van der Waals surface area contributed by atoms with E-state index >= 15 is 0 Å². The van der Waals surface area contributed by atoms with E-state index in [9.17, 15) is 4.79 Å². The molecule has 0 amide bonds. The van der Waals surface area contributed by atoms with Crippen LogP contribution >= 0.6 is 18.9 Å². The van der Waals surface area contributed by atoms with Crippen LogP contribution in [0.3, 0.4) is 0 Å². The number of halogens is 1.